The number of aliphatic imine (C=N–C) groups is 1. The largest absolute Gasteiger partial charge is 0.335 e. The quantitative estimate of drug-likeness (QED) is 0.905. The molecule has 21 heavy (non-hydrogen) atoms. The molecule has 0 amide bonds. The normalized spacial score (nSPS) is 20.0. The van der Waals surface area contributed by atoms with E-state index in [0.717, 1.165) is 23.0 Å². The van der Waals surface area contributed by atoms with Crippen LogP contribution in [0.25, 0.3) is 0 Å². The lowest BCUT2D eigenvalue weighted by molar-refractivity contribution is 0.316. The maximum absolute atomic E-state index is 11.4. The summed E-state index contributed by atoms with van der Waals surface area (Å²) in [5, 5.41) is 4.19. The number of benzene rings is 1. The Bertz CT molecular complexity index is 629. The molecule has 0 radical (unpaired) electrons. The molecule has 0 saturated carbocycles. The lowest BCUT2D eigenvalue weighted by Crippen LogP contribution is -2.30. The summed E-state index contributed by atoms with van der Waals surface area (Å²) in [6.45, 7) is 6.61. The third kappa shape index (κ3) is 4.48. The second-order valence-corrected chi connectivity index (χ2v) is 9.47. The minimum atomic E-state index is -3.14. The van der Waals surface area contributed by atoms with Gasteiger partial charge in [-0.05, 0) is 36.1 Å². The van der Waals surface area contributed by atoms with Gasteiger partial charge in [0.1, 0.15) is 0 Å². The number of nitrogens with one attached hydrogen (secondary N) is 1. The van der Waals surface area contributed by atoms with Crippen LogP contribution in [0.2, 0.25) is 0 Å². The van der Waals surface area contributed by atoms with E-state index in [1.165, 1.54) is 6.26 Å². The number of thioether (sulfide) groups is 1. The summed E-state index contributed by atoms with van der Waals surface area (Å²) in [5.41, 5.74) is 1.02. The van der Waals surface area contributed by atoms with Crippen molar-refractivity contribution in [3.63, 3.8) is 0 Å². The molecule has 1 atom stereocenters. The number of sulfone groups is 1. The van der Waals surface area contributed by atoms with Gasteiger partial charge in [0.2, 0.25) is 0 Å². The Morgan fingerprint density at radius 1 is 1.24 bits per heavy atom. The Morgan fingerprint density at radius 3 is 2.38 bits per heavy atom. The van der Waals surface area contributed by atoms with Crippen LogP contribution in [0.5, 0.6) is 0 Å². The van der Waals surface area contributed by atoms with Crippen molar-refractivity contribution in [3.8, 4) is 0 Å². The highest BCUT2D eigenvalue weighted by Crippen LogP contribution is 2.31. The average Bonchev–Trinajstić information content (AvgIpc) is 2.37. The maximum Gasteiger partial charge on any atom is 0.175 e. The summed E-state index contributed by atoms with van der Waals surface area (Å²) in [6.07, 6.45) is 2.30. The average molecular weight is 326 g/mol. The number of hydrogen-bond acceptors (Lipinski definition) is 5. The van der Waals surface area contributed by atoms with E-state index in [-0.39, 0.29) is 5.41 Å². The van der Waals surface area contributed by atoms with E-state index < -0.39 is 9.84 Å². The van der Waals surface area contributed by atoms with Gasteiger partial charge in [0, 0.05) is 17.7 Å². The molecule has 1 aliphatic rings. The summed E-state index contributed by atoms with van der Waals surface area (Å²) in [5.74, 6) is 1.05. The standard InChI is InChI=1S/C15H22N2O2S2/c1-15(2,3)13-9-10-20-14(17-13)16-11-5-7-12(8-6-11)21(4,18)19/h5-8,13H,9-10H2,1-4H3,(H,16,17). The summed E-state index contributed by atoms with van der Waals surface area (Å²) in [6, 6.07) is 7.11. The van der Waals surface area contributed by atoms with Crippen LogP contribution in [0.4, 0.5) is 5.69 Å². The molecule has 0 aliphatic carbocycles. The molecule has 0 aromatic heterocycles. The Balaban J connectivity index is 2.13. The predicted molar refractivity (Wildman–Crippen MR) is 90.9 cm³/mol. The molecule has 4 nitrogen and oxygen atoms in total. The van der Waals surface area contributed by atoms with E-state index in [0.29, 0.717) is 10.9 Å². The molecular weight excluding hydrogens is 304 g/mol. The van der Waals surface area contributed by atoms with Gasteiger partial charge in [-0.15, -0.1) is 0 Å². The van der Waals surface area contributed by atoms with Gasteiger partial charge in [-0.1, -0.05) is 32.5 Å². The van der Waals surface area contributed by atoms with Crippen molar-refractivity contribution in [1.82, 2.24) is 0 Å². The fraction of sp³-hybridized carbons (Fsp3) is 0.533. The molecular formula is C15H22N2O2S2. The van der Waals surface area contributed by atoms with E-state index >= 15 is 0 Å². The first kappa shape index (κ1) is 16.4. The highest BCUT2D eigenvalue weighted by molar-refractivity contribution is 8.14. The van der Waals surface area contributed by atoms with Gasteiger partial charge < -0.3 is 5.32 Å². The summed E-state index contributed by atoms with van der Waals surface area (Å²) >= 11 is 1.71. The van der Waals surface area contributed by atoms with Gasteiger partial charge in [-0.25, -0.2) is 8.42 Å². The van der Waals surface area contributed by atoms with Crippen LogP contribution in [0.15, 0.2) is 34.2 Å². The molecule has 1 heterocycles. The molecule has 1 unspecified atom stereocenters. The first-order valence-electron chi connectivity index (χ1n) is 6.94. The van der Waals surface area contributed by atoms with Gasteiger partial charge in [0.05, 0.1) is 10.9 Å². The third-order valence-corrected chi connectivity index (χ3v) is 5.49. The lowest BCUT2D eigenvalue weighted by Gasteiger charge is -2.31. The molecule has 1 aliphatic heterocycles. The van der Waals surface area contributed by atoms with Crippen molar-refractivity contribution >= 4 is 32.5 Å². The molecule has 0 saturated heterocycles. The third-order valence-electron chi connectivity index (χ3n) is 3.44. The molecule has 1 aromatic carbocycles. The van der Waals surface area contributed by atoms with E-state index in [2.05, 4.69) is 26.1 Å². The highest BCUT2D eigenvalue weighted by Gasteiger charge is 2.27. The SMILES string of the molecule is CC(C)(C)C1CCSC(Nc2ccc(S(C)(=O)=O)cc2)=N1. The monoisotopic (exact) mass is 326 g/mol. The minimum Gasteiger partial charge on any atom is -0.335 e. The van der Waals surface area contributed by atoms with Gasteiger partial charge >= 0.3 is 0 Å². The van der Waals surface area contributed by atoms with Crippen LogP contribution in [-0.2, 0) is 9.84 Å². The minimum absolute atomic E-state index is 0.161. The van der Waals surface area contributed by atoms with Crippen molar-refractivity contribution in [3.05, 3.63) is 24.3 Å². The first-order chi connectivity index (χ1) is 9.66. The summed E-state index contributed by atoms with van der Waals surface area (Å²) in [4.78, 5) is 5.10. The molecule has 6 heteroatoms. The zero-order chi connectivity index (χ0) is 15.7. The number of nitrogens with zero attached hydrogens (tertiary/aromatic N) is 1. The molecule has 0 fully saturated rings. The number of anilines is 1. The molecule has 2 rings (SSSR count). The Hall–Kier alpha value is -1.01. The van der Waals surface area contributed by atoms with Crippen LogP contribution in [-0.4, -0.2) is 31.6 Å². The second-order valence-electron chi connectivity index (χ2n) is 6.37. The van der Waals surface area contributed by atoms with Gasteiger partial charge in [0.15, 0.2) is 15.0 Å². The molecule has 1 N–H and O–H groups in total. The topological polar surface area (TPSA) is 58.5 Å². The highest BCUT2D eigenvalue weighted by atomic mass is 32.2. The van der Waals surface area contributed by atoms with Crippen LogP contribution in [0.1, 0.15) is 27.2 Å². The van der Waals surface area contributed by atoms with Crippen LogP contribution < -0.4 is 5.32 Å². The second kappa shape index (κ2) is 6.01. The van der Waals surface area contributed by atoms with Gasteiger partial charge in [-0.3, -0.25) is 4.99 Å². The Morgan fingerprint density at radius 2 is 1.86 bits per heavy atom. The van der Waals surface area contributed by atoms with Crippen molar-refractivity contribution in [2.45, 2.75) is 38.1 Å². The zero-order valence-electron chi connectivity index (χ0n) is 12.9. The molecule has 0 bridgehead atoms. The summed E-state index contributed by atoms with van der Waals surface area (Å²) < 4.78 is 22.9. The van der Waals surface area contributed by atoms with Gasteiger partial charge in [-0.2, -0.15) is 0 Å². The van der Waals surface area contributed by atoms with Crippen molar-refractivity contribution < 1.29 is 8.42 Å². The van der Waals surface area contributed by atoms with Crippen molar-refractivity contribution in [1.29, 1.82) is 0 Å². The zero-order valence-corrected chi connectivity index (χ0v) is 14.5. The molecule has 1 aromatic rings. The van der Waals surface area contributed by atoms with E-state index in [1.54, 1.807) is 36.0 Å². The Kier molecular flexibility index (Phi) is 4.68. The predicted octanol–water partition coefficient (Wildman–Crippen LogP) is 3.41. The number of amidine groups is 1. The fourth-order valence-corrected chi connectivity index (χ4v) is 3.67. The first-order valence-corrected chi connectivity index (χ1v) is 9.82. The summed E-state index contributed by atoms with van der Waals surface area (Å²) in [7, 11) is -3.14. The smallest absolute Gasteiger partial charge is 0.175 e. The lowest BCUT2D eigenvalue weighted by atomic mass is 9.85. The Labute approximate surface area is 131 Å². The molecule has 116 valence electrons. The van der Waals surface area contributed by atoms with Gasteiger partial charge in [0.25, 0.3) is 0 Å². The van der Waals surface area contributed by atoms with E-state index in [4.69, 9.17) is 4.99 Å². The maximum atomic E-state index is 11.4. The number of rotatable bonds is 2. The fourth-order valence-electron chi connectivity index (χ4n) is 2.11. The van der Waals surface area contributed by atoms with Crippen LogP contribution >= 0.6 is 11.8 Å². The number of hydrogen-bond donors (Lipinski definition) is 1. The van der Waals surface area contributed by atoms with Crippen LogP contribution in [0.3, 0.4) is 0 Å². The van der Waals surface area contributed by atoms with E-state index in [9.17, 15) is 8.42 Å². The van der Waals surface area contributed by atoms with Crippen molar-refractivity contribution in [2.24, 2.45) is 10.4 Å². The van der Waals surface area contributed by atoms with Crippen molar-refractivity contribution in [2.75, 3.05) is 17.3 Å². The van der Waals surface area contributed by atoms with E-state index in [1.807, 2.05) is 0 Å². The van der Waals surface area contributed by atoms with Crippen LogP contribution in [0, 0.1) is 5.41 Å². The molecule has 0 spiro atoms.